The van der Waals surface area contributed by atoms with E-state index in [2.05, 4.69) is 0 Å². The number of ketones is 1. The molecule has 0 aliphatic rings. The molecule has 2 aromatic carbocycles. The number of halogens is 2. The quantitative estimate of drug-likeness (QED) is 0.515. The minimum Gasteiger partial charge on any atom is -0.453 e. The second-order valence-corrected chi connectivity index (χ2v) is 8.20. The molecule has 1 unspecified atom stereocenters. The number of carbonyl (C=O) groups is 2. The lowest BCUT2D eigenvalue weighted by Gasteiger charge is -2.18. The first-order valence-electron chi connectivity index (χ1n) is 7.82. The third kappa shape index (κ3) is 5.35. The predicted molar refractivity (Wildman–Crippen MR) is 97.6 cm³/mol. The van der Waals surface area contributed by atoms with E-state index in [1.807, 2.05) is 0 Å². The molecule has 2 aromatic rings. The van der Waals surface area contributed by atoms with Crippen LogP contribution in [0.1, 0.15) is 17.3 Å². The third-order valence-electron chi connectivity index (χ3n) is 3.68. The third-order valence-corrected chi connectivity index (χ3v) is 5.75. The van der Waals surface area contributed by atoms with E-state index in [9.17, 15) is 22.4 Å². The van der Waals surface area contributed by atoms with Crippen molar-refractivity contribution in [3.05, 3.63) is 64.9 Å². The van der Waals surface area contributed by atoms with Gasteiger partial charge in [0.25, 0.3) is 0 Å². The fraction of sp³-hybridized carbons (Fsp3) is 0.222. The molecule has 27 heavy (non-hydrogen) atoms. The highest BCUT2D eigenvalue weighted by Crippen LogP contribution is 2.16. The SMILES string of the molecule is CC(OC(=O)CN(C)S(=O)(=O)c1ccc(F)cc1)C(=O)c1ccc(Cl)cc1. The van der Waals surface area contributed by atoms with E-state index in [-0.39, 0.29) is 4.90 Å². The van der Waals surface area contributed by atoms with Crippen LogP contribution in [0.15, 0.2) is 53.4 Å². The van der Waals surface area contributed by atoms with Crippen LogP contribution < -0.4 is 0 Å². The first kappa shape index (κ1) is 21.0. The molecule has 0 aliphatic carbocycles. The van der Waals surface area contributed by atoms with Gasteiger partial charge in [-0.1, -0.05) is 11.6 Å². The summed E-state index contributed by atoms with van der Waals surface area (Å²) in [4.78, 5) is 24.1. The largest absolute Gasteiger partial charge is 0.453 e. The highest BCUT2D eigenvalue weighted by Gasteiger charge is 2.26. The molecule has 2 rings (SSSR count). The Balaban J connectivity index is 2.00. The van der Waals surface area contributed by atoms with Crippen molar-refractivity contribution in [2.75, 3.05) is 13.6 Å². The van der Waals surface area contributed by atoms with Crippen LogP contribution >= 0.6 is 11.6 Å². The van der Waals surface area contributed by atoms with E-state index in [1.165, 1.54) is 38.2 Å². The van der Waals surface area contributed by atoms with Gasteiger partial charge in [0.2, 0.25) is 15.8 Å². The number of likely N-dealkylation sites (N-methyl/N-ethyl adjacent to an activating group) is 1. The van der Waals surface area contributed by atoms with Crippen molar-refractivity contribution in [2.45, 2.75) is 17.9 Å². The lowest BCUT2D eigenvalue weighted by atomic mass is 10.1. The van der Waals surface area contributed by atoms with Gasteiger partial charge in [-0.25, -0.2) is 12.8 Å². The van der Waals surface area contributed by atoms with Gasteiger partial charge in [-0.3, -0.25) is 9.59 Å². The maximum Gasteiger partial charge on any atom is 0.322 e. The van der Waals surface area contributed by atoms with Crippen LogP contribution in [-0.4, -0.2) is 44.2 Å². The molecule has 0 aliphatic heterocycles. The van der Waals surface area contributed by atoms with Crippen molar-refractivity contribution in [2.24, 2.45) is 0 Å². The van der Waals surface area contributed by atoms with Crippen LogP contribution in [-0.2, 0) is 19.6 Å². The number of Topliss-reactive ketones (excluding diaryl/α,β-unsaturated/α-hetero) is 1. The van der Waals surface area contributed by atoms with E-state index in [1.54, 1.807) is 0 Å². The standard InChI is InChI=1S/C18H17ClFNO5S/c1-12(18(23)13-3-5-14(19)6-4-13)26-17(22)11-21(2)27(24,25)16-9-7-15(20)8-10-16/h3-10,12H,11H2,1-2H3. The van der Waals surface area contributed by atoms with E-state index < -0.39 is 40.2 Å². The second kappa shape index (κ2) is 8.60. The van der Waals surface area contributed by atoms with Crippen LogP contribution in [0.5, 0.6) is 0 Å². The summed E-state index contributed by atoms with van der Waals surface area (Å²) >= 11 is 5.76. The Hall–Kier alpha value is -2.29. The van der Waals surface area contributed by atoms with Crippen LogP contribution in [0.4, 0.5) is 4.39 Å². The molecule has 0 aromatic heterocycles. The molecule has 0 N–H and O–H groups in total. The molecule has 0 saturated carbocycles. The monoisotopic (exact) mass is 413 g/mol. The van der Waals surface area contributed by atoms with Gasteiger partial charge in [0.1, 0.15) is 12.4 Å². The Bertz CT molecular complexity index is 929. The van der Waals surface area contributed by atoms with Gasteiger partial charge in [-0.2, -0.15) is 4.31 Å². The predicted octanol–water partition coefficient (Wildman–Crippen LogP) is 2.91. The minimum absolute atomic E-state index is 0.163. The summed E-state index contributed by atoms with van der Waals surface area (Å²) in [5.74, 6) is -1.91. The smallest absolute Gasteiger partial charge is 0.322 e. The summed E-state index contributed by atoms with van der Waals surface area (Å²) < 4.78 is 43.5. The summed E-state index contributed by atoms with van der Waals surface area (Å²) in [6.07, 6.45) is -1.10. The fourth-order valence-corrected chi connectivity index (χ4v) is 3.43. The number of nitrogens with zero attached hydrogens (tertiary/aromatic N) is 1. The maximum atomic E-state index is 12.9. The Kier molecular flexibility index (Phi) is 6.69. The number of rotatable bonds is 7. The number of hydrogen-bond acceptors (Lipinski definition) is 5. The van der Waals surface area contributed by atoms with E-state index in [0.717, 1.165) is 28.6 Å². The number of ether oxygens (including phenoxy) is 1. The maximum absolute atomic E-state index is 12.9. The van der Waals surface area contributed by atoms with Gasteiger partial charge in [0, 0.05) is 17.6 Å². The second-order valence-electron chi connectivity index (χ2n) is 5.72. The molecule has 0 spiro atoms. The molecule has 0 bridgehead atoms. The molecule has 144 valence electrons. The molecule has 0 fully saturated rings. The molecule has 0 heterocycles. The zero-order chi connectivity index (χ0) is 20.2. The van der Waals surface area contributed by atoms with Gasteiger partial charge < -0.3 is 4.74 Å². The van der Waals surface area contributed by atoms with E-state index in [0.29, 0.717) is 10.6 Å². The van der Waals surface area contributed by atoms with Gasteiger partial charge in [-0.15, -0.1) is 0 Å². The van der Waals surface area contributed by atoms with Crippen LogP contribution in [0.25, 0.3) is 0 Å². The normalized spacial score (nSPS) is 12.6. The number of sulfonamides is 1. The van der Waals surface area contributed by atoms with Crippen molar-refractivity contribution in [1.29, 1.82) is 0 Å². The van der Waals surface area contributed by atoms with Gasteiger partial charge in [0.15, 0.2) is 6.10 Å². The number of benzene rings is 2. The number of hydrogen-bond donors (Lipinski definition) is 0. The lowest BCUT2D eigenvalue weighted by Crippen LogP contribution is -2.35. The fourth-order valence-electron chi connectivity index (χ4n) is 2.19. The number of carbonyl (C=O) groups excluding carboxylic acids is 2. The summed E-state index contributed by atoms with van der Waals surface area (Å²) in [5.41, 5.74) is 0.312. The molecule has 1 atom stereocenters. The molecular weight excluding hydrogens is 397 g/mol. The van der Waals surface area contributed by atoms with Gasteiger partial charge in [0.05, 0.1) is 4.90 Å². The van der Waals surface area contributed by atoms with E-state index >= 15 is 0 Å². The summed E-state index contributed by atoms with van der Waals surface area (Å²) in [7, 11) is -2.81. The van der Waals surface area contributed by atoms with Gasteiger partial charge >= 0.3 is 5.97 Å². The van der Waals surface area contributed by atoms with Gasteiger partial charge in [-0.05, 0) is 55.5 Å². The Morgan fingerprint density at radius 2 is 1.67 bits per heavy atom. The molecule has 0 amide bonds. The molecular formula is C18H17ClFNO5S. The average molecular weight is 414 g/mol. The first-order valence-corrected chi connectivity index (χ1v) is 9.64. The Labute approximate surface area is 161 Å². The zero-order valence-electron chi connectivity index (χ0n) is 14.6. The molecule has 9 heteroatoms. The topological polar surface area (TPSA) is 80.8 Å². The first-order chi connectivity index (χ1) is 12.6. The van der Waals surface area contributed by atoms with Crippen molar-refractivity contribution in [3.8, 4) is 0 Å². The van der Waals surface area contributed by atoms with Crippen molar-refractivity contribution >= 4 is 33.4 Å². The van der Waals surface area contributed by atoms with Crippen LogP contribution in [0, 0.1) is 5.82 Å². The highest BCUT2D eigenvalue weighted by molar-refractivity contribution is 7.89. The summed E-state index contributed by atoms with van der Waals surface area (Å²) in [6.45, 7) is 0.793. The van der Waals surface area contributed by atoms with Crippen molar-refractivity contribution in [3.63, 3.8) is 0 Å². The Morgan fingerprint density at radius 3 is 2.22 bits per heavy atom. The van der Waals surface area contributed by atoms with Crippen molar-refractivity contribution in [1.82, 2.24) is 4.31 Å². The molecule has 0 radical (unpaired) electrons. The molecule has 0 saturated heterocycles. The highest BCUT2D eigenvalue weighted by atomic mass is 35.5. The average Bonchev–Trinajstić information content (AvgIpc) is 2.61. The number of esters is 1. The Morgan fingerprint density at radius 1 is 1.11 bits per heavy atom. The van der Waals surface area contributed by atoms with Crippen LogP contribution in [0.3, 0.4) is 0 Å². The van der Waals surface area contributed by atoms with Crippen molar-refractivity contribution < 1.29 is 27.1 Å². The minimum atomic E-state index is -4.00. The summed E-state index contributed by atoms with van der Waals surface area (Å²) in [5, 5.41) is 0.462. The summed E-state index contributed by atoms with van der Waals surface area (Å²) in [6, 6.07) is 10.3. The van der Waals surface area contributed by atoms with E-state index in [4.69, 9.17) is 16.3 Å². The zero-order valence-corrected chi connectivity index (χ0v) is 16.1. The molecule has 6 nitrogen and oxygen atoms in total. The lowest BCUT2D eigenvalue weighted by molar-refractivity contribution is -0.146. The van der Waals surface area contributed by atoms with Crippen LogP contribution in [0.2, 0.25) is 5.02 Å².